The van der Waals surface area contributed by atoms with Crippen LogP contribution in [0.1, 0.15) is 45.1 Å². The minimum absolute atomic E-state index is 0.0595. The third-order valence-corrected chi connectivity index (χ3v) is 10.8. The molecule has 12 heteroatoms. The number of piperazine rings is 1. The Hall–Kier alpha value is -1.57. The number of benzene rings is 1. The molecule has 0 radical (unpaired) electrons. The van der Waals surface area contributed by atoms with Gasteiger partial charge in [0.1, 0.15) is 0 Å². The maximum Gasteiger partial charge on any atom is 0.237 e. The summed E-state index contributed by atoms with van der Waals surface area (Å²) in [6.07, 6.45) is 5.33. The van der Waals surface area contributed by atoms with Gasteiger partial charge >= 0.3 is 0 Å². The highest BCUT2D eigenvalue weighted by Gasteiger charge is 2.30. The number of sulfonamides is 1. The Morgan fingerprint density at radius 3 is 2.31 bits per heavy atom. The van der Waals surface area contributed by atoms with Crippen LogP contribution in [0.5, 0.6) is 0 Å². The van der Waals surface area contributed by atoms with Crippen molar-refractivity contribution in [2.45, 2.75) is 56.4 Å². The second-order valence-corrected chi connectivity index (χ2v) is 15.2. The number of hydrogen-bond acceptors (Lipinski definition) is 8. The number of nitrogens with one attached hydrogen (secondary N) is 2. The van der Waals surface area contributed by atoms with Gasteiger partial charge in [-0.15, -0.1) is 0 Å². The number of sulfone groups is 1. The quantitative estimate of drug-likeness (QED) is 0.310. The molecular weight excluding hydrogens is 538 g/mol. The fourth-order valence-corrected chi connectivity index (χ4v) is 7.20. The molecule has 2 N–H and O–H groups in total. The number of carbonyl (C=O) groups is 1. The summed E-state index contributed by atoms with van der Waals surface area (Å²) in [5.74, 6) is -0.0496. The first-order valence-corrected chi connectivity index (χ1v) is 17.6. The molecule has 1 atom stereocenters. The van der Waals surface area contributed by atoms with E-state index in [2.05, 4.69) is 29.4 Å². The minimum atomic E-state index is -3.46. The molecule has 2 saturated heterocycles. The summed E-state index contributed by atoms with van der Waals surface area (Å²) in [6.45, 7) is 10.6. The van der Waals surface area contributed by atoms with Crippen molar-refractivity contribution in [1.29, 1.82) is 0 Å². The van der Waals surface area contributed by atoms with Crippen LogP contribution >= 0.6 is 0 Å². The van der Waals surface area contributed by atoms with Gasteiger partial charge in [-0.05, 0) is 63.3 Å². The van der Waals surface area contributed by atoms with Crippen molar-refractivity contribution in [2.75, 3.05) is 77.5 Å². The van der Waals surface area contributed by atoms with Crippen LogP contribution in [-0.2, 0) is 31.1 Å². The topological polar surface area (TPSA) is 119 Å². The highest BCUT2D eigenvalue weighted by Crippen LogP contribution is 2.19. The van der Waals surface area contributed by atoms with Gasteiger partial charge in [-0.3, -0.25) is 9.69 Å². The van der Waals surface area contributed by atoms with Crippen molar-refractivity contribution < 1.29 is 21.6 Å². The number of hydrogen-bond donors (Lipinski definition) is 2. The first kappa shape index (κ1) is 32.0. The van der Waals surface area contributed by atoms with Crippen LogP contribution in [0.4, 0.5) is 0 Å². The molecule has 0 saturated carbocycles. The largest absolute Gasteiger partial charge is 0.342 e. The standard InChI is InChI=1S/C27H47N5O5S2/c1-4-27(2,22-24-8-10-25(11-9-24)38(3,34)35)29-12-5-6-15-31-16-7-17-32(23-26(31)33)39(36,37)21-20-30-18-13-28-14-19-30/h8-11,28-29H,4-7,12-23H2,1-3H3. The first-order valence-electron chi connectivity index (χ1n) is 14.1. The molecule has 0 aromatic heterocycles. The van der Waals surface area contributed by atoms with E-state index in [-0.39, 0.29) is 23.7 Å². The number of carbonyl (C=O) groups excluding carboxylic acids is 1. The van der Waals surface area contributed by atoms with E-state index in [9.17, 15) is 21.6 Å². The summed E-state index contributed by atoms with van der Waals surface area (Å²) in [4.78, 5) is 17.2. The molecule has 10 nitrogen and oxygen atoms in total. The lowest BCUT2D eigenvalue weighted by Gasteiger charge is -2.30. The van der Waals surface area contributed by atoms with Gasteiger partial charge < -0.3 is 15.5 Å². The van der Waals surface area contributed by atoms with Crippen molar-refractivity contribution in [3.8, 4) is 0 Å². The second-order valence-electron chi connectivity index (χ2n) is 11.1. The molecule has 2 aliphatic heterocycles. The van der Waals surface area contributed by atoms with Crippen molar-refractivity contribution >= 4 is 25.8 Å². The number of unbranched alkanes of at least 4 members (excludes halogenated alkanes) is 1. The average molecular weight is 586 g/mol. The van der Waals surface area contributed by atoms with Gasteiger partial charge in [-0.2, -0.15) is 4.31 Å². The van der Waals surface area contributed by atoms with Crippen LogP contribution in [0.15, 0.2) is 29.2 Å². The van der Waals surface area contributed by atoms with Crippen LogP contribution in [0.25, 0.3) is 0 Å². The fourth-order valence-electron chi connectivity index (χ4n) is 5.11. The van der Waals surface area contributed by atoms with E-state index in [0.717, 1.165) is 64.0 Å². The fraction of sp³-hybridized carbons (Fsp3) is 0.741. The summed E-state index contributed by atoms with van der Waals surface area (Å²) in [6, 6.07) is 7.09. The lowest BCUT2D eigenvalue weighted by molar-refractivity contribution is -0.130. The summed E-state index contributed by atoms with van der Waals surface area (Å²) in [5, 5.41) is 6.92. The van der Waals surface area contributed by atoms with Gasteiger partial charge in [0.2, 0.25) is 15.9 Å². The van der Waals surface area contributed by atoms with Crippen LogP contribution in [0.2, 0.25) is 0 Å². The van der Waals surface area contributed by atoms with E-state index in [1.165, 1.54) is 10.6 Å². The zero-order chi connectivity index (χ0) is 28.5. The maximum atomic E-state index is 12.9. The van der Waals surface area contributed by atoms with E-state index >= 15 is 0 Å². The summed E-state index contributed by atoms with van der Waals surface area (Å²) < 4.78 is 50.7. The van der Waals surface area contributed by atoms with E-state index in [0.29, 0.717) is 37.5 Å². The SMILES string of the molecule is CCC(C)(Cc1ccc(S(C)(=O)=O)cc1)NCCCCN1CCCN(S(=O)(=O)CCN2CCNCC2)CC1=O. The van der Waals surface area contributed by atoms with Crippen LogP contribution in [0, 0.1) is 0 Å². The predicted molar refractivity (Wildman–Crippen MR) is 155 cm³/mol. The summed E-state index contributed by atoms with van der Waals surface area (Å²) >= 11 is 0. The molecule has 2 heterocycles. The Morgan fingerprint density at radius 1 is 0.974 bits per heavy atom. The van der Waals surface area contributed by atoms with Crippen LogP contribution < -0.4 is 10.6 Å². The predicted octanol–water partition coefficient (Wildman–Crippen LogP) is 0.940. The molecule has 2 fully saturated rings. The van der Waals surface area contributed by atoms with Gasteiger partial charge in [0, 0.05) is 64.2 Å². The Labute approximate surface area is 235 Å². The van der Waals surface area contributed by atoms with Gasteiger partial charge in [0.15, 0.2) is 9.84 Å². The Bertz CT molecular complexity index is 1140. The normalized spacial score (nSPS) is 20.1. The van der Waals surface area contributed by atoms with E-state index < -0.39 is 19.9 Å². The lowest BCUT2D eigenvalue weighted by Crippen LogP contribution is -2.47. The lowest BCUT2D eigenvalue weighted by atomic mass is 9.90. The highest BCUT2D eigenvalue weighted by molar-refractivity contribution is 7.90. The Morgan fingerprint density at radius 2 is 1.67 bits per heavy atom. The number of amides is 1. The van der Waals surface area contributed by atoms with Crippen LogP contribution in [-0.4, -0.2) is 120 Å². The molecule has 222 valence electrons. The van der Waals surface area contributed by atoms with Crippen molar-refractivity contribution in [2.24, 2.45) is 0 Å². The number of rotatable bonds is 14. The molecule has 2 aliphatic rings. The maximum absolute atomic E-state index is 12.9. The van der Waals surface area contributed by atoms with Crippen molar-refractivity contribution in [3.05, 3.63) is 29.8 Å². The first-order chi connectivity index (χ1) is 18.4. The third-order valence-electron chi connectivity index (χ3n) is 7.90. The molecule has 1 amide bonds. The van der Waals surface area contributed by atoms with Crippen LogP contribution in [0.3, 0.4) is 0 Å². The Kier molecular flexibility index (Phi) is 11.8. The van der Waals surface area contributed by atoms with Crippen molar-refractivity contribution in [3.63, 3.8) is 0 Å². The molecule has 0 spiro atoms. The molecule has 39 heavy (non-hydrogen) atoms. The summed E-state index contributed by atoms with van der Waals surface area (Å²) in [5.41, 5.74) is 0.965. The number of nitrogens with zero attached hydrogens (tertiary/aromatic N) is 3. The molecule has 0 aliphatic carbocycles. The van der Waals surface area contributed by atoms with Gasteiger partial charge in [-0.25, -0.2) is 16.8 Å². The van der Waals surface area contributed by atoms with Gasteiger partial charge in [-0.1, -0.05) is 19.1 Å². The van der Waals surface area contributed by atoms with E-state index in [1.54, 1.807) is 12.1 Å². The second kappa shape index (κ2) is 14.4. The van der Waals surface area contributed by atoms with Crippen molar-refractivity contribution in [1.82, 2.24) is 24.7 Å². The third kappa shape index (κ3) is 10.1. The monoisotopic (exact) mass is 585 g/mol. The molecular formula is C27H47N5O5S2. The van der Waals surface area contributed by atoms with Gasteiger partial charge in [0.05, 0.1) is 17.2 Å². The summed E-state index contributed by atoms with van der Waals surface area (Å²) in [7, 11) is -6.66. The minimum Gasteiger partial charge on any atom is -0.342 e. The molecule has 0 bridgehead atoms. The van der Waals surface area contributed by atoms with E-state index in [4.69, 9.17) is 0 Å². The molecule has 1 aromatic carbocycles. The average Bonchev–Trinajstić information content (AvgIpc) is 3.09. The molecule has 1 unspecified atom stereocenters. The zero-order valence-corrected chi connectivity index (χ0v) is 25.5. The molecule has 1 aromatic rings. The highest BCUT2D eigenvalue weighted by atomic mass is 32.2. The Balaban J connectivity index is 1.40. The van der Waals surface area contributed by atoms with Gasteiger partial charge in [0.25, 0.3) is 0 Å². The molecule has 3 rings (SSSR count). The van der Waals surface area contributed by atoms with E-state index in [1.807, 2.05) is 17.0 Å². The smallest absolute Gasteiger partial charge is 0.237 e. The zero-order valence-electron chi connectivity index (χ0n) is 23.8.